The Kier molecular flexibility index (Phi) is 6.90. The Morgan fingerprint density at radius 1 is 1.32 bits per heavy atom. The molecule has 0 aliphatic carbocycles. The van der Waals surface area contributed by atoms with Crippen LogP contribution in [0.4, 0.5) is 5.00 Å². The fourth-order valence-electron chi connectivity index (χ4n) is 3.69. The van der Waals surface area contributed by atoms with Crippen molar-refractivity contribution in [2.75, 3.05) is 13.2 Å². The van der Waals surface area contributed by atoms with Crippen LogP contribution in [0.3, 0.4) is 0 Å². The van der Waals surface area contributed by atoms with Crippen LogP contribution in [0.1, 0.15) is 34.1 Å². The van der Waals surface area contributed by atoms with Crippen LogP contribution in [0.15, 0.2) is 47.5 Å². The van der Waals surface area contributed by atoms with Crippen molar-refractivity contribution >= 4 is 45.1 Å². The van der Waals surface area contributed by atoms with Gasteiger partial charge in [0.05, 0.1) is 15.7 Å². The number of rotatable bonds is 6. The van der Waals surface area contributed by atoms with E-state index in [2.05, 4.69) is 62.8 Å². The summed E-state index contributed by atoms with van der Waals surface area (Å²) in [4.78, 5) is 8.28. The lowest BCUT2D eigenvalue weighted by Crippen LogP contribution is -2.29. The Morgan fingerprint density at radius 3 is 2.87 bits per heavy atom. The zero-order valence-corrected chi connectivity index (χ0v) is 20.1. The fraction of sp³-hybridized carbons (Fsp3) is 0.250. The van der Waals surface area contributed by atoms with Gasteiger partial charge in [0.2, 0.25) is 0 Å². The van der Waals surface area contributed by atoms with Gasteiger partial charge in [-0.3, -0.25) is 4.90 Å². The van der Waals surface area contributed by atoms with Gasteiger partial charge in [0.1, 0.15) is 11.1 Å². The van der Waals surface area contributed by atoms with Crippen molar-refractivity contribution in [1.82, 2.24) is 4.90 Å². The molecule has 1 aromatic heterocycles. The summed E-state index contributed by atoms with van der Waals surface area (Å²) in [7, 11) is 0. The number of thiophene rings is 1. The van der Waals surface area contributed by atoms with Gasteiger partial charge in [0.25, 0.3) is 0 Å². The van der Waals surface area contributed by atoms with E-state index in [4.69, 9.17) is 4.74 Å². The summed E-state index contributed by atoms with van der Waals surface area (Å²) < 4.78 is 6.21. The second kappa shape index (κ2) is 9.81. The number of hydrogen-bond acceptors (Lipinski definition) is 6. The first-order valence-corrected chi connectivity index (χ1v) is 12.0. The number of phenols is 1. The molecule has 0 atom stereocenters. The predicted molar refractivity (Wildman–Crippen MR) is 133 cm³/mol. The Hall–Kier alpha value is -2.41. The lowest BCUT2D eigenvalue weighted by atomic mass is 10.0. The summed E-state index contributed by atoms with van der Waals surface area (Å²) >= 11 is 3.67. The van der Waals surface area contributed by atoms with Crippen molar-refractivity contribution in [3.8, 4) is 17.6 Å². The third-order valence-corrected chi connectivity index (χ3v) is 7.11. The number of benzene rings is 2. The molecule has 1 aliphatic heterocycles. The maximum atomic E-state index is 10.1. The van der Waals surface area contributed by atoms with Gasteiger partial charge in [0, 0.05) is 30.7 Å². The molecule has 0 unspecified atom stereocenters. The SMILES string of the molecule is CCOc1cc(/C=N\c2sc3c(c2C#N)CCN(Cc2ccccc2)C3)cc(I)c1O. The van der Waals surface area contributed by atoms with Crippen LogP contribution in [-0.2, 0) is 19.5 Å². The van der Waals surface area contributed by atoms with Crippen molar-refractivity contribution in [3.05, 3.63) is 73.2 Å². The van der Waals surface area contributed by atoms with E-state index in [1.807, 2.05) is 19.1 Å². The molecular formula is C24H22IN3O2S. The number of aliphatic imine (C=N–C) groups is 1. The van der Waals surface area contributed by atoms with Gasteiger partial charge in [-0.05, 0) is 64.8 Å². The van der Waals surface area contributed by atoms with E-state index in [9.17, 15) is 10.4 Å². The summed E-state index contributed by atoms with van der Waals surface area (Å²) in [6, 6.07) is 16.5. The van der Waals surface area contributed by atoms with E-state index in [1.165, 1.54) is 10.4 Å². The smallest absolute Gasteiger partial charge is 0.171 e. The molecule has 0 amide bonds. The lowest BCUT2D eigenvalue weighted by molar-refractivity contribution is 0.249. The van der Waals surface area contributed by atoms with Crippen molar-refractivity contribution in [1.29, 1.82) is 5.26 Å². The fourth-order valence-corrected chi connectivity index (χ4v) is 5.50. The molecule has 7 heteroatoms. The molecule has 0 saturated heterocycles. The van der Waals surface area contributed by atoms with Gasteiger partial charge in [0.15, 0.2) is 11.5 Å². The van der Waals surface area contributed by atoms with Gasteiger partial charge in [-0.15, -0.1) is 11.3 Å². The van der Waals surface area contributed by atoms with E-state index >= 15 is 0 Å². The van der Waals surface area contributed by atoms with Crippen LogP contribution >= 0.6 is 33.9 Å². The number of fused-ring (bicyclic) bond motifs is 1. The number of halogens is 1. The second-order valence-electron chi connectivity index (χ2n) is 7.28. The predicted octanol–water partition coefficient (Wildman–Crippen LogP) is 5.64. The quantitative estimate of drug-likeness (QED) is 0.323. The summed E-state index contributed by atoms with van der Waals surface area (Å²) in [5.41, 5.74) is 3.95. The summed E-state index contributed by atoms with van der Waals surface area (Å²) in [5, 5.41) is 20.7. The van der Waals surface area contributed by atoms with Crippen LogP contribution in [0.5, 0.6) is 11.5 Å². The van der Waals surface area contributed by atoms with Crippen molar-refractivity contribution < 1.29 is 9.84 Å². The standard InChI is InChI=1S/C24H22IN3O2S/c1-2-30-21-11-17(10-20(25)23(21)29)13-27-24-19(12-26)18-8-9-28(15-22(18)31-24)14-16-6-4-3-5-7-16/h3-7,10-11,13,29H,2,8-9,14-15H2,1H3/b27-13-. The van der Waals surface area contributed by atoms with Crippen LogP contribution < -0.4 is 4.74 Å². The van der Waals surface area contributed by atoms with Gasteiger partial charge in [-0.1, -0.05) is 30.3 Å². The number of ether oxygens (including phenoxy) is 1. The summed E-state index contributed by atoms with van der Waals surface area (Å²) in [5.74, 6) is 0.584. The molecule has 1 aliphatic rings. The average Bonchev–Trinajstić information content (AvgIpc) is 3.13. The monoisotopic (exact) mass is 543 g/mol. The van der Waals surface area contributed by atoms with E-state index in [0.717, 1.165) is 42.2 Å². The van der Waals surface area contributed by atoms with E-state index in [1.54, 1.807) is 23.6 Å². The first-order chi connectivity index (χ1) is 15.1. The van der Waals surface area contributed by atoms with E-state index < -0.39 is 0 Å². The average molecular weight is 543 g/mol. The molecule has 2 aromatic carbocycles. The Bertz CT molecular complexity index is 1150. The first kappa shape index (κ1) is 21.8. The number of hydrogen-bond donors (Lipinski definition) is 1. The Balaban J connectivity index is 1.57. The molecule has 1 N–H and O–H groups in total. The topological polar surface area (TPSA) is 68.8 Å². The third kappa shape index (κ3) is 4.92. The molecule has 3 aromatic rings. The highest BCUT2D eigenvalue weighted by Gasteiger charge is 2.24. The summed E-state index contributed by atoms with van der Waals surface area (Å²) in [6.07, 6.45) is 2.60. The van der Waals surface area contributed by atoms with Gasteiger partial charge in [-0.25, -0.2) is 4.99 Å². The Morgan fingerprint density at radius 2 is 2.13 bits per heavy atom. The molecule has 0 spiro atoms. The summed E-state index contributed by atoms with van der Waals surface area (Å²) in [6.45, 7) is 5.03. The minimum Gasteiger partial charge on any atom is -0.504 e. The van der Waals surface area contributed by atoms with Crippen molar-refractivity contribution in [2.45, 2.75) is 26.4 Å². The highest BCUT2D eigenvalue weighted by atomic mass is 127. The highest BCUT2D eigenvalue weighted by Crippen LogP contribution is 2.39. The second-order valence-corrected chi connectivity index (χ2v) is 9.53. The van der Waals surface area contributed by atoms with Crippen LogP contribution in [0.25, 0.3) is 0 Å². The molecule has 31 heavy (non-hydrogen) atoms. The first-order valence-electron chi connectivity index (χ1n) is 10.1. The van der Waals surface area contributed by atoms with Crippen molar-refractivity contribution in [3.63, 3.8) is 0 Å². The van der Waals surface area contributed by atoms with Crippen LogP contribution in [0, 0.1) is 14.9 Å². The van der Waals surface area contributed by atoms with E-state index in [0.29, 0.717) is 21.5 Å². The van der Waals surface area contributed by atoms with Gasteiger partial charge >= 0.3 is 0 Å². The molecule has 0 bridgehead atoms. The van der Waals surface area contributed by atoms with E-state index in [-0.39, 0.29) is 5.75 Å². The van der Waals surface area contributed by atoms with Gasteiger partial charge < -0.3 is 9.84 Å². The molecule has 0 radical (unpaired) electrons. The normalized spacial score (nSPS) is 13.8. The maximum absolute atomic E-state index is 10.1. The number of aromatic hydroxyl groups is 1. The molecule has 4 rings (SSSR count). The molecule has 0 saturated carbocycles. The number of phenolic OH excluding ortho intramolecular Hbond substituents is 1. The van der Waals surface area contributed by atoms with Crippen LogP contribution in [-0.4, -0.2) is 29.4 Å². The third-order valence-electron chi connectivity index (χ3n) is 5.16. The van der Waals surface area contributed by atoms with Crippen LogP contribution in [0.2, 0.25) is 0 Å². The van der Waals surface area contributed by atoms with Crippen molar-refractivity contribution in [2.24, 2.45) is 4.99 Å². The largest absolute Gasteiger partial charge is 0.504 e. The molecule has 158 valence electrons. The molecule has 5 nitrogen and oxygen atoms in total. The molecule has 0 fully saturated rings. The number of nitriles is 1. The lowest BCUT2D eigenvalue weighted by Gasteiger charge is -2.26. The zero-order valence-electron chi connectivity index (χ0n) is 17.1. The number of nitrogens with zero attached hydrogens (tertiary/aromatic N) is 3. The maximum Gasteiger partial charge on any atom is 0.171 e. The minimum absolute atomic E-state index is 0.141. The molecular weight excluding hydrogens is 521 g/mol. The zero-order chi connectivity index (χ0) is 21.8. The minimum atomic E-state index is 0.141. The highest BCUT2D eigenvalue weighted by molar-refractivity contribution is 14.1. The Labute approximate surface area is 199 Å². The van der Waals surface area contributed by atoms with Gasteiger partial charge in [-0.2, -0.15) is 5.26 Å². The molecule has 2 heterocycles.